The minimum atomic E-state index is -0.597. The lowest BCUT2D eigenvalue weighted by Gasteiger charge is -2.17. The molecule has 0 atom stereocenters. The number of carbonyl (C=O) groups is 1. The van der Waals surface area contributed by atoms with Crippen LogP contribution in [0.4, 0.5) is 21.7 Å². The lowest BCUT2D eigenvalue weighted by Crippen LogP contribution is -2.25. The summed E-state index contributed by atoms with van der Waals surface area (Å²) in [5.74, 6) is -0.416. The molecule has 3 rings (SSSR count). The van der Waals surface area contributed by atoms with Crippen molar-refractivity contribution in [3.8, 4) is 6.01 Å². The summed E-state index contributed by atoms with van der Waals surface area (Å²) in [4.78, 5) is 21.7. The topological polar surface area (TPSA) is 108 Å². The van der Waals surface area contributed by atoms with Crippen molar-refractivity contribution < 1.29 is 13.9 Å². The van der Waals surface area contributed by atoms with E-state index in [9.17, 15) is 9.18 Å². The molecule has 0 saturated carbocycles. The standard InChI is InChI=1S/C20H26FN7O2/c1-4-28(5-2)9-6-10-30-20-22-12-16(21)19(25-20)24-14-7-8-17-15(11-14)18(27-26-17)23-13(3)29/h7-8,11-12H,4-6,9-10H2,1-3H3,(H,22,24,25)(H2,23,26,27,29). The van der Waals surface area contributed by atoms with E-state index in [1.165, 1.54) is 6.92 Å². The number of aromatic nitrogens is 4. The highest BCUT2D eigenvalue weighted by Gasteiger charge is 2.11. The van der Waals surface area contributed by atoms with E-state index >= 15 is 0 Å². The van der Waals surface area contributed by atoms with Crippen molar-refractivity contribution in [2.24, 2.45) is 0 Å². The number of hydrogen-bond acceptors (Lipinski definition) is 7. The van der Waals surface area contributed by atoms with Crippen LogP contribution < -0.4 is 15.4 Å². The first-order valence-electron chi connectivity index (χ1n) is 9.90. The monoisotopic (exact) mass is 415 g/mol. The molecule has 30 heavy (non-hydrogen) atoms. The maximum atomic E-state index is 14.2. The second-order valence-corrected chi connectivity index (χ2v) is 6.72. The van der Waals surface area contributed by atoms with E-state index in [0.29, 0.717) is 23.5 Å². The van der Waals surface area contributed by atoms with Gasteiger partial charge in [0, 0.05) is 24.5 Å². The minimum Gasteiger partial charge on any atom is -0.463 e. The van der Waals surface area contributed by atoms with Crippen LogP contribution in [0.25, 0.3) is 10.9 Å². The summed E-state index contributed by atoms with van der Waals surface area (Å²) < 4.78 is 19.8. The van der Waals surface area contributed by atoms with Gasteiger partial charge < -0.3 is 20.3 Å². The molecule has 2 aromatic heterocycles. The molecule has 0 saturated heterocycles. The third-order valence-corrected chi connectivity index (χ3v) is 4.59. The van der Waals surface area contributed by atoms with Gasteiger partial charge in [0.05, 0.1) is 18.3 Å². The molecule has 0 unspecified atom stereocenters. The van der Waals surface area contributed by atoms with Crippen molar-refractivity contribution in [3.05, 3.63) is 30.2 Å². The van der Waals surface area contributed by atoms with Crippen LogP contribution in [0.15, 0.2) is 24.4 Å². The van der Waals surface area contributed by atoms with E-state index < -0.39 is 5.82 Å². The fourth-order valence-electron chi connectivity index (χ4n) is 2.99. The number of rotatable bonds is 10. The number of amides is 1. The SMILES string of the molecule is CCN(CC)CCCOc1ncc(F)c(Nc2ccc3[nH]nc(NC(C)=O)c3c2)n1. The molecule has 2 heterocycles. The van der Waals surface area contributed by atoms with Gasteiger partial charge >= 0.3 is 6.01 Å². The molecule has 0 fully saturated rings. The van der Waals surface area contributed by atoms with Gasteiger partial charge in [0.15, 0.2) is 17.5 Å². The molecule has 9 nitrogen and oxygen atoms in total. The Morgan fingerprint density at radius 2 is 2.07 bits per heavy atom. The van der Waals surface area contributed by atoms with Crippen LogP contribution in [0.1, 0.15) is 27.2 Å². The van der Waals surface area contributed by atoms with Crippen molar-refractivity contribution in [3.63, 3.8) is 0 Å². The fraction of sp³-hybridized carbons (Fsp3) is 0.400. The zero-order chi connectivity index (χ0) is 21.5. The number of halogens is 1. The number of aromatic amines is 1. The molecule has 1 amide bonds. The lowest BCUT2D eigenvalue weighted by molar-refractivity contribution is -0.114. The summed E-state index contributed by atoms with van der Waals surface area (Å²) in [5, 5.41) is 13.2. The second-order valence-electron chi connectivity index (χ2n) is 6.72. The molecule has 0 bridgehead atoms. The van der Waals surface area contributed by atoms with Gasteiger partial charge in [-0.15, -0.1) is 0 Å². The summed E-state index contributed by atoms with van der Waals surface area (Å²) in [7, 11) is 0. The number of benzene rings is 1. The number of hydrogen-bond donors (Lipinski definition) is 3. The highest BCUT2D eigenvalue weighted by Crippen LogP contribution is 2.26. The lowest BCUT2D eigenvalue weighted by atomic mass is 10.2. The van der Waals surface area contributed by atoms with Gasteiger partial charge in [0.25, 0.3) is 0 Å². The first-order valence-corrected chi connectivity index (χ1v) is 9.90. The highest BCUT2D eigenvalue weighted by molar-refractivity contribution is 6.00. The zero-order valence-corrected chi connectivity index (χ0v) is 17.3. The molecule has 3 N–H and O–H groups in total. The summed E-state index contributed by atoms with van der Waals surface area (Å²) in [6, 6.07) is 5.39. The van der Waals surface area contributed by atoms with Gasteiger partial charge in [-0.2, -0.15) is 10.1 Å². The quantitative estimate of drug-likeness (QED) is 0.436. The van der Waals surface area contributed by atoms with Gasteiger partial charge in [0.2, 0.25) is 5.91 Å². The Labute approximate surface area is 174 Å². The van der Waals surface area contributed by atoms with Crippen molar-refractivity contribution in [1.82, 2.24) is 25.1 Å². The molecular weight excluding hydrogens is 389 g/mol. The van der Waals surface area contributed by atoms with E-state index in [1.807, 2.05) is 0 Å². The molecule has 0 spiro atoms. The highest BCUT2D eigenvalue weighted by atomic mass is 19.1. The van der Waals surface area contributed by atoms with Crippen LogP contribution in [-0.2, 0) is 4.79 Å². The maximum absolute atomic E-state index is 14.2. The number of nitrogens with zero attached hydrogens (tertiary/aromatic N) is 4. The minimum absolute atomic E-state index is 0.00710. The van der Waals surface area contributed by atoms with Crippen LogP contribution in [0.2, 0.25) is 0 Å². The first kappa shape index (κ1) is 21.4. The van der Waals surface area contributed by atoms with Crippen LogP contribution >= 0.6 is 0 Å². The molecule has 160 valence electrons. The van der Waals surface area contributed by atoms with Gasteiger partial charge in [-0.1, -0.05) is 13.8 Å². The number of H-pyrrole nitrogens is 1. The average molecular weight is 415 g/mol. The first-order chi connectivity index (χ1) is 14.5. The van der Waals surface area contributed by atoms with Crippen molar-refractivity contribution >= 4 is 34.1 Å². The van der Waals surface area contributed by atoms with Crippen LogP contribution in [0.5, 0.6) is 6.01 Å². The Morgan fingerprint density at radius 1 is 1.27 bits per heavy atom. The summed E-state index contributed by atoms with van der Waals surface area (Å²) in [6.45, 7) is 8.98. The molecule has 0 aliphatic rings. The number of nitrogens with one attached hydrogen (secondary N) is 3. The Morgan fingerprint density at radius 3 is 2.80 bits per heavy atom. The predicted molar refractivity (Wildman–Crippen MR) is 114 cm³/mol. The Balaban J connectivity index is 1.68. The Bertz CT molecular complexity index is 1000. The second kappa shape index (κ2) is 9.97. The molecule has 10 heteroatoms. The average Bonchev–Trinajstić information content (AvgIpc) is 3.12. The molecular formula is C20H26FN7O2. The predicted octanol–water partition coefficient (Wildman–Crippen LogP) is 3.30. The molecule has 1 aromatic carbocycles. The summed E-state index contributed by atoms with van der Waals surface area (Å²) in [6.07, 6.45) is 1.91. The van der Waals surface area contributed by atoms with E-state index in [0.717, 1.165) is 37.8 Å². The maximum Gasteiger partial charge on any atom is 0.318 e. The number of anilines is 3. The van der Waals surface area contributed by atoms with Crippen LogP contribution in [-0.4, -0.2) is 57.2 Å². The van der Waals surface area contributed by atoms with E-state index in [-0.39, 0.29) is 17.7 Å². The third kappa shape index (κ3) is 5.41. The summed E-state index contributed by atoms with van der Waals surface area (Å²) >= 11 is 0. The third-order valence-electron chi connectivity index (χ3n) is 4.59. The Hall–Kier alpha value is -3.27. The van der Waals surface area contributed by atoms with Gasteiger partial charge in [0.1, 0.15) is 0 Å². The largest absolute Gasteiger partial charge is 0.463 e. The summed E-state index contributed by atoms with van der Waals surface area (Å²) in [5.41, 5.74) is 1.32. The number of fused-ring (bicyclic) bond motifs is 1. The van der Waals surface area contributed by atoms with Gasteiger partial charge in [-0.3, -0.25) is 9.89 Å². The Kier molecular flexibility index (Phi) is 7.12. The van der Waals surface area contributed by atoms with Crippen LogP contribution in [0, 0.1) is 5.82 Å². The van der Waals surface area contributed by atoms with E-state index in [4.69, 9.17) is 4.74 Å². The zero-order valence-electron chi connectivity index (χ0n) is 17.3. The fourth-order valence-corrected chi connectivity index (χ4v) is 2.99. The molecule has 0 radical (unpaired) electrons. The van der Waals surface area contributed by atoms with E-state index in [2.05, 4.69) is 49.5 Å². The normalized spacial score (nSPS) is 11.1. The molecule has 0 aliphatic heterocycles. The van der Waals surface area contributed by atoms with Gasteiger partial charge in [-0.25, -0.2) is 9.37 Å². The van der Waals surface area contributed by atoms with Crippen molar-refractivity contribution in [1.29, 1.82) is 0 Å². The van der Waals surface area contributed by atoms with Gasteiger partial charge in [-0.05, 0) is 37.7 Å². The van der Waals surface area contributed by atoms with Crippen molar-refractivity contribution in [2.45, 2.75) is 27.2 Å². The van der Waals surface area contributed by atoms with E-state index in [1.54, 1.807) is 18.2 Å². The van der Waals surface area contributed by atoms with Crippen molar-refractivity contribution in [2.75, 3.05) is 36.9 Å². The molecule has 0 aliphatic carbocycles. The smallest absolute Gasteiger partial charge is 0.318 e. The number of carbonyl (C=O) groups excluding carboxylic acids is 1. The number of ether oxygens (including phenoxy) is 1. The molecule has 3 aromatic rings. The van der Waals surface area contributed by atoms with Crippen LogP contribution in [0.3, 0.4) is 0 Å².